The van der Waals surface area contributed by atoms with E-state index in [9.17, 15) is 5.26 Å². The molecule has 3 aromatic rings. The molecule has 0 unspecified atom stereocenters. The number of allylic oxidation sites excluding steroid dienone is 1. The van der Waals surface area contributed by atoms with Crippen molar-refractivity contribution in [3.05, 3.63) is 66.2 Å². The molecule has 0 N–H and O–H groups in total. The van der Waals surface area contributed by atoms with Crippen LogP contribution >= 0.6 is 0 Å². The van der Waals surface area contributed by atoms with Crippen molar-refractivity contribution >= 4 is 17.6 Å². The van der Waals surface area contributed by atoms with Crippen LogP contribution in [0.5, 0.6) is 0 Å². The van der Waals surface area contributed by atoms with E-state index in [-0.39, 0.29) is 0 Å². The molecule has 27 heavy (non-hydrogen) atoms. The highest BCUT2D eigenvalue weighted by atomic mass is 16.5. The Morgan fingerprint density at radius 1 is 1.04 bits per heavy atom. The van der Waals surface area contributed by atoms with Crippen LogP contribution in [-0.4, -0.2) is 46.1 Å². The van der Waals surface area contributed by atoms with Gasteiger partial charge in [0.25, 0.3) is 0 Å². The molecule has 1 aromatic carbocycles. The van der Waals surface area contributed by atoms with Crippen LogP contribution in [0.15, 0.2) is 54.7 Å². The molecule has 1 saturated heterocycles. The lowest BCUT2D eigenvalue weighted by Gasteiger charge is -2.28. The molecule has 0 radical (unpaired) electrons. The van der Waals surface area contributed by atoms with Crippen LogP contribution in [0.25, 0.3) is 17.3 Å². The van der Waals surface area contributed by atoms with Crippen LogP contribution in [0.3, 0.4) is 0 Å². The molecule has 0 aliphatic carbocycles. The molecular weight excluding hydrogens is 340 g/mol. The van der Waals surface area contributed by atoms with Crippen molar-refractivity contribution in [3.63, 3.8) is 0 Å². The Bertz CT molecular complexity index is 969. The number of hydrogen-bond donors (Lipinski definition) is 0. The van der Waals surface area contributed by atoms with Gasteiger partial charge in [-0.05, 0) is 30.3 Å². The lowest BCUT2D eigenvalue weighted by atomic mass is 10.2. The lowest BCUT2D eigenvalue weighted by molar-refractivity contribution is 0.122. The fourth-order valence-electron chi connectivity index (χ4n) is 2.99. The maximum absolute atomic E-state index is 9.77. The van der Waals surface area contributed by atoms with E-state index in [1.54, 1.807) is 12.3 Å². The van der Waals surface area contributed by atoms with Gasteiger partial charge in [0.2, 0.25) is 5.95 Å². The summed E-state index contributed by atoms with van der Waals surface area (Å²) in [6, 6.07) is 17.6. The molecule has 4 rings (SSSR count). The molecular formula is C20H18N6O. The summed E-state index contributed by atoms with van der Waals surface area (Å²) in [4.78, 5) is 6.41. The van der Waals surface area contributed by atoms with E-state index >= 15 is 0 Å². The number of para-hydroxylation sites is 1. The number of benzene rings is 1. The van der Waals surface area contributed by atoms with Crippen LogP contribution < -0.4 is 4.90 Å². The maximum atomic E-state index is 9.77. The number of hydrogen-bond acceptors (Lipinski definition) is 6. The summed E-state index contributed by atoms with van der Waals surface area (Å²) < 4.78 is 7.37. The highest BCUT2D eigenvalue weighted by Crippen LogP contribution is 2.26. The lowest BCUT2D eigenvalue weighted by Crippen LogP contribution is -2.38. The molecule has 0 bridgehead atoms. The predicted octanol–water partition coefficient (Wildman–Crippen LogP) is 2.56. The smallest absolute Gasteiger partial charge is 0.232 e. The third-order valence-corrected chi connectivity index (χ3v) is 4.30. The second-order valence-electron chi connectivity index (χ2n) is 6.02. The van der Waals surface area contributed by atoms with Gasteiger partial charge in [-0.15, -0.1) is 10.2 Å². The van der Waals surface area contributed by atoms with Gasteiger partial charge in [-0.3, -0.25) is 9.55 Å². The van der Waals surface area contributed by atoms with Gasteiger partial charge in [-0.2, -0.15) is 5.26 Å². The van der Waals surface area contributed by atoms with Gasteiger partial charge in [0, 0.05) is 19.3 Å². The second kappa shape index (κ2) is 7.81. The summed E-state index contributed by atoms with van der Waals surface area (Å²) >= 11 is 0. The van der Waals surface area contributed by atoms with E-state index in [4.69, 9.17) is 4.74 Å². The number of nitrogens with zero attached hydrogens (tertiary/aromatic N) is 6. The fraction of sp³-hybridized carbons (Fsp3) is 0.200. The first-order valence-corrected chi connectivity index (χ1v) is 8.73. The first-order chi connectivity index (χ1) is 13.4. The minimum atomic E-state index is 0.407. The number of aromatic nitrogens is 4. The molecule has 0 saturated carbocycles. The van der Waals surface area contributed by atoms with Crippen LogP contribution in [-0.2, 0) is 4.74 Å². The average Bonchev–Trinajstić information content (AvgIpc) is 3.19. The molecule has 3 heterocycles. The first kappa shape index (κ1) is 16.9. The summed E-state index contributed by atoms with van der Waals surface area (Å²) in [5.41, 5.74) is 2.01. The minimum Gasteiger partial charge on any atom is -0.378 e. The summed E-state index contributed by atoms with van der Waals surface area (Å²) in [7, 11) is 0. The quantitative estimate of drug-likeness (QED) is 0.667. The fourth-order valence-corrected chi connectivity index (χ4v) is 2.99. The Hall–Kier alpha value is -3.50. The Morgan fingerprint density at radius 3 is 2.52 bits per heavy atom. The highest BCUT2D eigenvalue weighted by molar-refractivity contribution is 5.87. The molecule has 134 valence electrons. The topological polar surface area (TPSA) is 79.9 Å². The van der Waals surface area contributed by atoms with Gasteiger partial charge >= 0.3 is 0 Å². The molecule has 0 amide bonds. The van der Waals surface area contributed by atoms with E-state index < -0.39 is 0 Å². The molecule has 2 aromatic heterocycles. The number of anilines is 1. The summed E-state index contributed by atoms with van der Waals surface area (Å²) in [6.45, 7) is 2.76. The molecule has 7 nitrogen and oxygen atoms in total. The number of ether oxygens (including phenoxy) is 1. The van der Waals surface area contributed by atoms with Crippen molar-refractivity contribution in [1.82, 2.24) is 19.7 Å². The zero-order valence-corrected chi connectivity index (χ0v) is 14.7. The van der Waals surface area contributed by atoms with Crippen LogP contribution in [0.2, 0.25) is 0 Å². The second-order valence-corrected chi connectivity index (χ2v) is 6.02. The third kappa shape index (κ3) is 3.57. The number of pyridine rings is 1. The molecule has 0 spiro atoms. The monoisotopic (exact) mass is 358 g/mol. The predicted molar refractivity (Wildman–Crippen MR) is 102 cm³/mol. The van der Waals surface area contributed by atoms with E-state index in [1.165, 1.54) is 0 Å². The molecule has 0 atom stereocenters. The van der Waals surface area contributed by atoms with Crippen molar-refractivity contribution in [2.45, 2.75) is 0 Å². The van der Waals surface area contributed by atoms with E-state index in [1.807, 2.05) is 53.1 Å². The first-order valence-electron chi connectivity index (χ1n) is 8.73. The van der Waals surface area contributed by atoms with Crippen molar-refractivity contribution in [3.8, 4) is 11.8 Å². The van der Waals surface area contributed by atoms with E-state index in [0.29, 0.717) is 36.3 Å². The molecule has 7 heteroatoms. The normalized spacial score (nSPS) is 14.8. The number of morpholine rings is 1. The maximum Gasteiger partial charge on any atom is 0.232 e. The van der Waals surface area contributed by atoms with E-state index in [2.05, 4.69) is 26.2 Å². The Labute approximate surface area is 157 Å². The minimum absolute atomic E-state index is 0.407. The van der Waals surface area contributed by atoms with Crippen LogP contribution in [0.4, 0.5) is 5.95 Å². The largest absolute Gasteiger partial charge is 0.378 e. The van der Waals surface area contributed by atoms with Crippen LogP contribution in [0.1, 0.15) is 11.5 Å². The van der Waals surface area contributed by atoms with Gasteiger partial charge in [-0.1, -0.05) is 24.3 Å². The zero-order valence-electron chi connectivity index (χ0n) is 14.7. The Balaban J connectivity index is 1.84. The van der Waals surface area contributed by atoms with E-state index in [0.717, 1.165) is 18.8 Å². The summed E-state index contributed by atoms with van der Waals surface area (Å²) in [5.74, 6) is 1.21. The SMILES string of the molecule is N#CC(=Cc1ccccn1)c1nnc(N2CCOCC2)n1-c1ccccc1. The Kier molecular flexibility index (Phi) is 4.90. The average molecular weight is 358 g/mol. The standard InChI is InChI=1S/C20H18N6O/c21-15-16(14-17-6-4-5-9-22-17)19-23-24-20(25-10-12-27-13-11-25)26(19)18-7-2-1-3-8-18/h1-9,14H,10-13H2. The van der Waals surface area contributed by atoms with Crippen molar-refractivity contribution in [2.24, 2.45) is 0 Å². The molecule has 1 aliphatic rings. The van der Waals surface area contributed by atoms with Crippen molar-refractivity contribution in [1.29, 1.82) is 5.26 Å². The van der Waals surface area contributed by atoms with Crippen molar-refractivity contribution < 1.29 is 4.74 Å². The highest BCUT2D eigenvalue weighted by Gasteiger charge is 2.23. The van der Waals surface area contributed by atoms with Crippen molar-refractivity contribution in [2.75, 3.05) is 31.2 Å². The summed E-state index contributed by atoms with van der Waals surface area (Å²) in [6.07, 6.45) is 3.43. The Morgan fingerprint density at radius 2 is 1.81 bits per heavy atom. The summed E-state index contributed by atoms with van der Waals surface area (Å²) in [5, 5.41) is 18.5. The van der Waals surface area contributed by atoms with Gasteiger partial charge in [0.1, 0.15) is 6.07 Å². The number of nitriles is 1. The number of rotatable bonds is 4. The molecule has 1 fully saturated rings. The van der Waals surface area contributed by atoms with Gasteiger partial charge in [-0.25, -0.2) is 0 Å². The zero-order chi connectivity index (χ0) is 18.5. The van der Waals surface area contributed by atoms with Gasteiger partial charge in [0.05, 0.1) is 30.2 Å². The molecule has 1 aliphatic heterocycles. The van der Waals surface area contributed by atoms with Crippen LogP contribution in [0, 0.1) is 11.3 Å². The third-order valence-electron chi connectivity index (χ3n) is 4.30. The van der Waals surface area contributed by atoms with Gasteiger partial charge in [0.15, 0.2) is 5.82 Å². The van der Waals surface area contributed by atoms with Gasteiger partial charge < -0.3 is 9.64 Å².